The molecule has 20 heavy (non-hydrogen) atoms. The molecule has 2 aromatic rings. The van der Waals surface area contributed by atoms with E-state index in [0.29, 0.717) is 22.1 Å². The summed E-state index contributed by atoms with van der Waals surface area (Å²) in [5, 5.41) is 4.52. The van der Waals surface area contributed by atoms with Gasteiger partial charge in [0.15, 0.2) is 0 Å². The van der Waals surface area contributed by atoms with Crippen molar-refractivity contribution in [3.8, 4) is 0 Å². The third-order valence-corrected chi connectivity index (χ3v) is 4.11. The average molecular weight is 292 g/mol. The van der Waals surface area contributed by atoms with E-state index < -0.39 is 0 Å². The first-order valence-corrected chi connectivity index (χ1v) is 7.56. The second-order valence-corrected chi connectivity index (χ2v) is 5.78. The summed E-state index contributed by atoms with van der Waals surface area (Å²) in [6.45, 7) is 0. The first-order valence-electron chi connectivity index (χ1n) is 7.18. The number of pyridine rings is 2. The van der Waals surface area contributed by atoms with Crippen LogP contribution in [-0.4, -0.2) is 16.0 Å². The van der Waals surface area contributed by atoms with Crippen LogP contribution in [0.25, 0.3) is 10.9 Å². The Bertz CT molecular complexity index is 660. The molecule has 0 aromatic carbocycles. The number of hydrogen-bond donors (Lipinski definition) is 2. The molecule has 1 saturated carbocycles. The molecule has 0 aliphatic heterocycles. The van der Waals surface area contributed by atoms with Crippen LogP contribution >= 0.6 is 11.6 Å². The van der Waals surface area contributed by atoms with Crippen LogP contribution in [0, 0.1) is 0 Å². The molecule has 1 aliphatic rings. The third kappa shape index (κ3) is 2.80. The quantitative estimate of drug-likeness (QED) is 0.655. The molecule has 2 N–H and O–H groups in total. The van der Waals surface area contributed by atoms with Crippen LogP contribution in [0.4, 0.5) is 5.69 Å². The maximum atomic E-state index is 12.0. The van der Waals surface area contributed by atoms with Gasteiger partial charge in [-0.1, -0.05) is 37.3 Å². The van der Waals surface area contributed by atoms with Gasteiger partial charge >= 0.3 is 0 Å². The fourth-order valence-corrected chi connectivity index (χ4v) is 3.12. The number of nitrogens with one attached hydrogen (secondary N) is 2. The zero-order chi connectivity index (χ0) is 13.9. The predicted octanol–water partition coefficient (Wildman–Crippen LogP) is 3.71. The van der Waals surface area contributed by atoms with E-state index in [4.69, 9.17) is 11.6 Å². The fourth-order valence-electron chi connectivity index (χ4n) is 2.92. The molecule has 4 nitrogen and oxygen atoms in total. The van der Waals surface area contributed by atoms with Gasteiger partial charge in [0.2, 0.25) is 0 Å². The first kappa shape index (κ1) is 13.4. The van der Waals surface area contributed by atoms with Crippen molar-refractivity contribution in [1.82, 2.24) is 9.97 Å². The predicted molar refractivity (Wildman–Crippen MR) is 82.5 cm³/mol. The minimum atomic E-state index is -0.122. The molecule has 106 valence electrons. The zero-order valence-electron chi connectivity index (χ0n) is 11.3. The summed E-state index contributed by atoms with van der Waals surface area (Å²) < 4.78 is 0. The summed E-state index contributed by atoms with van der Waals surface area (Å²) in [7, 11) is 0. The number of halogens is 1. The Morgan fingerprint density at radius 3 is 2.75 bits per heavy atom. The zero-order valence-corrected chi connectivity index (χ0v) is 12.0. The van der Waals surface area contributed by atoms with Crippen molar-refractivity contribution in [3.63, 3.8) is 0 Å². The number of fused-ring (bicyclic) bond motifs is 1. The lowest BCUT2D eigenvalue weighted by Gasteiger charge is -2.18. The van der Waals surface area contributed by atoms with Crippen molar-refractivity contribution in [3.05, 3.63) is 33.8 Å². The van der Waals surface area contributed by atoms with Crippen LogP contribution in [0.2, 0.25) is 5.15 Å². The molecule has 0 amide bonds. The Labute approximate surface area is 122 Å². The second-order valence-electron chi connectivity index (χ2n) is 5.39. The molecule has 1 aliphatic carbocycles. The van der Waals surface area contributed by atoms with Crippen molar-refractivity contribution < 1.29 is 0 Å². The molecule has 2 aromatic heterocycles. The normalized spacial score (nSPS) is 17.1. The maximum Gasteiger partial charge on any atom is 0.259 e. The molecule has 0 atom stereocenters. The van der Waals surface area contributed by atoms with Gasteiger partial charge in [-0.15, -0.1) is 0 Å². The number of H-pyrrole nitrogens is 1. The Morgan fingerprint density at radius 1 is 1.25 bits per heavy atom. The average Bonchev–Trinajstić information content (AvgIpc) is 2.67. The van der Waals surface area contributed by atoms with Crippen LogP contribution in [0.3, 0.4) is 0 Å². The van der Waals surface area contributed by atoms with Crippen molar-refractivity contribution in [2.45, 2.75) is 44.6 Å². The minimum absolute atomic E-state index is 0.122. The monoisotopic (exact) mass is 291 g/mol. The number of hydrogen-bond acceptors (Lipinski definition) is 3. The van der Waals surface area contributed by atoms with E-state index in [-0.39, 0.29) is 5.56 Å². The number of nitrogens with zero attached hydrogens (tertiary/aromatic N) is 1. The minimum Gasteiger partial charge on any atom is -0.382 e. The number of rotatable bonds is 2. The van der Waals surface area contributed by atoms with Crippen molar-refractivity contribution in [2.24, 2.45) is 0 Å². The van der Waals surface area contributed by atoms with Crippen LogP contribution < -0.4 is 10.9 Å². The van der Waals surface area contributed by atoms with Crippen LogP contribution in [0.5, 0.6) is 0 Å². The standard InChI is InChI=1S/C15H18ClN3O/c16-13-9-12(18-10-5-3-1-2-4-6-10)14-11(19-13)7-8-17-15(14)20/h7-10H,1-6H2,(H,17,20)(H,18,19). The molecule has 0 bridgehead atoms. The lowest BCUT2D eigenvalue weighted by Crippen LogP contribution is -2.20. The van der Waals surface area contributed by atoms with Crippen LogP contribution in [-0.2, 0) is 0 Å². The topological polar surface area (TPSA) is 57.8 Å². The van der Waals surface area contributed by atoms with Gasteiger partial charge in [0.1, 0.15) is 5.15 Å². The molecule has 3 rings (SSSR count). The summed E-state index contributed by atoms with van der Waals surface area (Å²) >= 11 is 6.06. The Kier molecular flexibility index (Phi) is 3.92. The van der Waals surface area contributed by atoms with Gasteiger partial charge in [0.05, 0.1) is 16.6 Å². The lowest BCUT2D eigenvalue weighted by molar-refractivity contribution is 0.620. The van der Waals surface area contributed by atoms with Crippen molar-refractivity contribution in [1.29, 1.82) is 0 Å². The van der Waals surface area contributed by atoms with Gasteiger partial charge in [-0.2, -0.15) is 0 Å². The highest BCUT2D eigenvalue weighted by Gasteiger charge is 2.15. The smallest absolute Gasteiger partial charge is 0.259 e. The molecular formula is C15H18ClN3O. The molecule has 0 saturated heterocycles. The van der Waals surface area contributed by atoms with Gasteiger partial charge in [-0.05, 0) is 25.0 Å². The van der Waals surface area contributed by atoms with E-state index in [0.717, 1.165) is 18.5 Å². The van der Waals surface area contributed by atoms with Crippen LogP contribution in [0.15, 0.2) is 23.1 Å². The molecule has 1 fully saturated rings. The first-order chi connectivity index (χ1) is 9.74. The largest absolute Gasteiger partial charge is 0.382 e. The summed E-state index contributed by atoms with van der Waals surface area (Å²) in [4.78, 5) is 19.0. The molecular weight excluding hydrogens is 274 g/mol. The summed E-state index contributed by atoms with van der Waals surface area (Å²) in [6, 6.07) is 3.95. The van der Waals surface area contributed by atoms with E-state index in [1.54, 1.807) is 18.3 Å². The van der Waals surface area contributed by atoms with Crippen LogP contribution in [0.1, 0.15) is 38.5 Å². The van der Waals surface area contributed by atoms with Gasteiger partial charge in [0.25, 0.3) is 5.56 Å². The Hall–Kier alpha value is -1.55. The maximum absolute atomic E-state index is 12.0. The van der Waals surface area contributed by atoms with Gasteiger partial charge in [-0.25, -0.2) is 4.98 Å². The number of anilines is 1. The molecule has 0 radical (unpaired) electrons. The highest BCUT2D eigenvalue weighted by Crippen LogP contribution is 2.26. The summed E-state index contributed by atoms with van der Waals surface area (Å²) in [5.74, 6) is 0. The highest BCUT2D eigenvalue weighted by molar-refractivity contribution is 6.30. The van der Waals surface area contributed by atoms with E-state index in [1.165, 1.54) is 25.7 Å². The van der Waals surface area contributed by atoms with E-state index in [1.807, 2.05) is 0 Å². The van der Waals surface area contributed by atoms with E-state index >= 15 is 0 Å². The molecule has 0 spiro atoms. The molecule has 0 unspecified atom stereocenters. The SMILES string of the molecule is O=c1[nH]ccc2nc(Cl)cc(NC3CCCCCC3)c12. The second kappa shape index (κ2) is 5.83. The number of aromatic nitrogens is 2. The van der Waals surface area contributed by atoms with Crippen molar-refractivity contribution in [2.75, 3.05) is 5.32 Å². The van der Waals surface area contributed by atoms with E-state index in [2.05, 4.69) is 15.3 Å². The Morgan fingerprint density at radius 2 is 2.00 bits per heavy atom. The highest BCUT2D eigenvalue weighted by atomic mass is 35.5. The summed E-state index contributed by atoms with van der Waals surface area (Å²) in [6.07, 6.45) is 8.98. The fraction of sp³-hybridized carbons (Fsp3) is 0.467. The van der Waals surface area contributed by atoms with Crippen molar-refractivity contribution >= 4 is 28.2 Å². The van der Waals surface area contributed by atoms with Gasteiger partial charge < -0.3 is 10.3 Å². The number of aromatic amines is 1. The van der Waals surface area contributed by atoms with E-state index in [9.17, 15) is 4.79 Å². The van der Waals surface area contributed by atoms with Gasteiger partial charge in [-0.3, -0.25) is 4.79 Å². The lowest BCUT2D eigenvalue weighted by atomic mass is 10.1. The Balaban J connectivity index is 1.99. The third-order valence-electron chi connectivity index (χ3n) is 3.91. The summed E-state index contributed by atoms with van der Waals surface area (Å²) in [5.41, 5.74) is 1.31. The molecule has 5 heteroatoms. The molecule has 2 heterocycles. The van der Waals surface area contributed by atoms with Gasteiger partial charge in [0, 0.05) is 12.2 Å².